The summed E-state index contributed by atoms with van der Waals surface area (Å²) < 4.78 is 12.7. The summed E-state index contributed by atoms with van der Waals surface area (Å²) in [5.74, 6) is 0. The molecule has 0 aromatic heterocycles. The zero-order chi connectivity index (χ0) is 7.33. The number of nitrogens with one attached hydrogen (secondary N) is 1. The van der Waals surface area contributed by atoms with Crippen LogP contribution >= 0.6 is 0 Å². The van der Waals surface area contributed by atoms with E-state index in [0.717, 1.165) is 0 Å². The lowest BCUT2D eigenvalue weighted by Crippen LogP contribution is -2.41. The van der Waals surface area contributed by atoms with Crippen molar-refractivity contribution in [2.24, 2.45) is 0 Å². The number of aliphatic hydroxyl groups excluding tert-OH is 2. The lowest BCUT2D eigenvalue weighted by Gasteiger charge is -2.18. The quantitative estimate of drug-likeness (QED) is 0.461. The topological polar surface area (TPSA) is 52.5 Å². The fourth-order valence-electron chi connectivity index (χ4n) is 0.479. The van der Waals surface area contributed by atoms with Crippen LogP contribution in [0.15, 0.2) is 0 Å². The van der Waals surface area contributed by atoms with Gasteiger partial charge in [-0.2, -0.15) is 0 Å². The lowest BCUT2D eigenvalue weighted by atomic mass is 10.1. The molecule has 3 N–H and O–H groups in total. The molecule has 0 spiro atoms. The molecule has 0 heterocycles. The maximum Gasteiger partial charge on any atom is 0.169 e. The van der Waals surface area contributed by atoms with E-state index in [-0.39, 0.29) is 6.54 Å². The molecule has 0 radical (unpaired) electrons. The van der Waals surface area contributed by atoms with Gasteiger partial charge in [0.05, 0.1) is 13.2 Å². The van der Waals surface area contributed by atoms with Crippen LogP contribution in [-0.4, -0.2) is 42.7 Å². The Hall–Kier alpha value is -0.190. The van der Waals surface area contributed by atoms with Gasteiger partial charge in [0.25, 0.3) is 0 Å². The van der Waals surface area contributed by atoms with Crippen molar-refractivity contribution in [1.82, 2.24) is 5.32 Å². The van der Waals surface area contributed by atoms with Gasteiger partial charge in [0.15, 0.2) is 5.67 Å². The van der Waals surface area contributed by atoms with Gasteiger partial charge in [-0.1, -0.05) is 0 Å². The van der Waals surface area contributed by atoms with Gasteiger partial charge in [-0.3, -0.25) is 0 Å². The fraction of sp³-hybridized carbons (Fsp3) is 1.00. The molecule has 0 aliphatic rings. The minimum absolute atomic E-state index is 0.0278. The van der Waals surface area contributed by atoms with Crippen LogP contribution in [0, 0.1) is 0 Å². The molecule has 0 aliphatic carbocycles. The third-order valence-electron chi connectivity index (χ3n) is 1.06. The highest BCUT2D eigenvalue weighted by Gasteiger charge is 2.26. The minimum Gasteiger partial charge on any atom is -0.393 e. The van der Waals surface area contributed by atoms with Gasteiger partial charge in [-0.25, -0.2) is 4.39 Å². The Morgan fingerprint density at radius 2 is 1.89 bits per heavy atom. The molecule has 0 amide bonds. The first kappa shape index (κ1) is 8.81. The summed E-state index contributed by atoms with van der Waals surface area (Å²) >= 11 is 0. The van der Waals surface area contributed by atoms with Crippen LogP contribution in [0.5, 0.6) is 0 Å². The van der Waals surface area contributed by atoms with Crippen molar-refractivity contribution in [3.8, 4) is 0 Å². The van der Waals surface area contributed by atoms with Gasteiger partial charge in [0.1, 0.15) is 0 Å². The summed E-state index contributed by atoms with van der Waals surface area (Å²) in [7, 11) is 1.56. The molecule has 0 fully saturated rings. The van der Waals surface area contributed by atoms with Crippen molar-refractivity contribution in [3.63, 3.8) is 0 Å². The first-order valence-electron chi connectivity index (χ1n) is 2.74. The molecule has 4 heteroatoms. The monoisotopic (exact) mass is 137 g/mol. The van der Waals surface area contributed by atoms with Crippen molar-refractivity contribution in [3.05, 3.63) is 0 Å². The van der Waals surface area contributed by atoms with E-state index < -0.39 is 18.9 Å². The Kier molecular flexibility index (Phi) is 3.68. The van der Waals surface area contributed by atoms with Crippen LogP contribution in [-0.2, 0) is 0 Å². The number of hydrogen-bond donors (Lipinski definition) is 3. The Morgan fingerprint density at radius 3 is 2.00 bits per heavy atom. The van der Waals surface area contributed by atoms with E-state index >= 15 is 0 Å². The number of rotatable bonds is 4. The second kappa shape index (κ2) is 3.76. The fourth-order valence-corrected chi connectivity index (χ4v) is 0.479. The summed E-state index contributed by atoms with van der Waals surface area (Å²) in [6.07, 6.45) is 0. The molecule has 0 saturated heterocycles. The minimum atomic E-state index is -1.87. The number of hydrogen-bond acceptors (Lipinski definition) is 3. The smallest absolute Gasteiger partial charge is 0.169 e. The van der Waals surface area contributed by atoms with E-state index in [2.05, 4.69) is 5.32 Å². The molecule has 0 aromatic rings. The highest BCUT2D eigenvalue weighted by atomic mass is 19.1. The molecule has 0 rings (SSSR count). The van der Waals surface area contributed by atoms with Gasteiger partial charge in [0, 0.05) is 6.54 Å². The molecule has 9 heavy (non-hydrogen) atoms. The molecular weight excluding hydrogens is 125 g/mol. The molecular formula is C5H12FNO2. The zero-order valence-corrected chi connectivity index (χ0v) is 5.39. The Morgan fingerprint density at radius 1 is 1.44 bits per heavy atom. The van der Waals surface area contributed by atoms with Crippen LogP contribution in [0.25, 0.3) is 0 Å². The van der Waals surface area contributed by atoms with Crippen LogP contribution in [0.3, 0.4) is 0 Å². The average Bonchev–Trinajstić information content (AvgIpc) is 1.89. The lowest BCUT2D eigenvalue weighted by molar-refractivity contribution is 0.0182. The number of alkyl halides is 1. The molecule has 0 unspecified atom stereocenters. The van der Waals surface area contributed by atoms with Gasteiger partial charge in [-0.15, -0.1) is 0 Å². The van der Waals surface area contributed by atoms with Crippen LogP contribution in [0.1, 0.15) is 0 Å². The highest BCUT2D eigenvalue weighted by molar-refractivity contribution is 4.78. The van der Waals surface area contributed by atoms with Gasteiger partial charge < -0.3 is 15.5 Å². The van der Waals surface area contributed by atoms with E-state index in [9.17, 15) is 4.39 Å². The second-order valence-electron chi connectivity index (χ2n) is 2.00. The zero-order valence-electron chi connectivity index (χ0n) is 5.39. The van der Waals surface area contributed by atoms with E-state index in [4.69, 9.17) is 10.2 Å². The summed E-state index contributed by atoms with van der Waals surface area (Å²) in [6.45, 7) is -1.32. The maximum absolute atomic E-state index is 12.7. The van der Waals surface area contributed by atoms with Crippen molar-refractivity contribution >= 4 is 0 Å². The van der Waals surface area contributed by atoms with Crippen molar-refractivity contribution in [1.29, 1.82) is 0 Å². The van der Waals surface area contributed by atoms with E-state index in [1.54, 1.807) is 7.05 Å². The van der Waals surface area contributed by atoms with Crippen molar-refractivity contribution in [2.45, 2.75) is 5.67 Å². The maximum atomic E-state index is 12.7. The highest BCUT2D eigenvalue weighted by Crippen LogP contribution is 2.05. The second-order valence-corrected chi connectivity index (χ2v) is 2.00. The first-order valence-corrected chi connectivity index (χ1v) is 2.74. The summed E-state index contributed by atoms with van der Waals surface area (Å²) in [4.78, 5) is 0. The third kappa shape index (κ3) is 2.74. The molecule has 56 valence electrons. The van der Waals surface area contributed by atoms with Crippen LogP contribution in [0.2, 0.25) is 0 Å². The average molecular weight is 137 g/mol. The van der Waals surface area contributed by atoms with Crippen LogP contribution < -0.4 is 5.32 Å². The van der Waals surface area contributed by atoms with Gasteiger partial charge >= 0.3 is 0 Å². The summed E-state index contributed by atoms with van der Waals surface area (Å²) in [5.41, 5.74) is -1.87. The van der Waals surface area contributed by atoms with Gasteiger partial charge in [-0.05, 0) is 7.05 Å². The molecule has 0 bridgehead atoms. The van der Waals surface area contributed by atoms with Gasteiger partial charge in [0.2, 0.25) is 0 Å². The van der Waals surface area contributed by atoms with E-state index in [1.807, 2.05) is 0 Å². The number of aliphatic hydroxyl groups is 2. The molecule has 0 saturated carbocycles. The predicted molar refractivity (Wildman–Crippen MR) is 31.9 cm³/mol. The normalized spacial score (nSPS) is 12.0. The van der Waals surface area contributed by atoms with Crippen molar-refractivity contribution in [2.75, 3.05) is 26.8 Å². The molecule has 3 nitrogen and oxygen atoms in total. The van der Waals surface area contributed by atoms with E-state index in [0.29, 0.717) is 0 Å². The SMILES string of the molecule is CNCC(F)(CO)CO. The summed E-state index contributed by atoms with van der Waals surface area (Å²) in [6, 6.07) is 0. The third-order valence-corrected chi connectivity index (χ3v) is 1.06. The van der Waals surface area contributed by atoms with E-state index in [1.165, 1.54) is 0 Å². The van der Waals surface area contributed by atoms with Crippen LogP contribution in [0.4, 0.5) is 4.39 Å². The first-order chi connectivity index (χ1) is 4.18. The molecule has 0 atom stereocenters. The number of halogens is 1. The summed E-state index contributed by atoms with van der Waals surface area (Å²) in [5, 5.41) is 19.2. The predicted octanol–water partition coefficient (Wildman–Crippen LogP) is -1.10. The Bertz CT molecular complexity index is 75.4. The molecule has 0 aliphatic heterocycles. The standard InChI is InChI=1S/C5H12FNO2/c1-7-2-5(6,3-8)4-9/h7-9H,2-4H2,1H3. The largest absolute Gasteiger partial charge is 0.393 e. The Balaban J connectivity index is 3.62. The molecule has 0 aromatic carbocycles. The van der Waals surface area contributed by atoms with Crippen molar-refractivity contribution < 1.29 is 14.6 Å². The Labute approximate surface area is 53.5 Å².